The van der Waals surface area contributed by atoms with Crippen molar-refractivity contribution in [1.29, 1.82) is 0 Å². The summed E-state index contributed by atoms with van der Waals surface area (Å²) in [5.74, 6) is 0. The minimum absolute atomic E-state index is 0.240. The summed E-state index contributed by atoms with van der Waals surface area (Å²) in [6.07, 6.45) is 1.50. The van der Waals surface area contributed by atoms with Crippen LogP contribution in [-0.4, -0.2) is 48.9 Å². The van der Waals surface area contributed by atoms with Gasteiger partial charge in [-0.3, -0.25) is 0 Å². The summed E-state index contributed by atoms with van der Waals surface area (Å²) in [7, 11) is 6.16. The molecule has 0 radical (unpaired) electrons. The van der Waals surface area contributed by atoms with E-state index in [-0.39, 0.29) is 11.8 Å². The number of nitrogens with zero attached hydrogens (tertiary/aromatic N) is 2. The van der Waals surface area contributed by atoms with Gasteiger partial charge in [-0.15, -0.1) is 0 Å². The van der Waals surface area contributed by atoms with Crippen LogP contribution in [-0.2, 0) is 0 Å². The third kappa shape index (κ3) is 7.25. The zero-order valence-electron chi connectivity index (χ0n) is 9.54. The van der Waals surface area contributed by atoms with Gasteiger partial charge in [-0.2, -0.15) is 0 Å². The first-order valence-corrected chi connectivity index (χ1v) is 5.78. The van der Waals surface area contributed by atoms with E-state index in [1.54, 1.807) is 6.07 Å². The van der Waals surface area contributed by atoms with Gasteiger partial charge in [-0.1, -0.05) is 34.8 Å². The Morgan fingerprint density at radius 2 is 1.81 bits per heavy atom. The number of aliphatic hydroxyl groups is 1. The zero-order valence-corrected chi connectivity index (χ0v) is 11.8. The van der Waals surface area contributed by atoms with Gasteiger partial charge < -0.3 is 9.59 Å². The fraction of sp³-hybridized carbons (Fsp3) is 0.500. The van der Waals surface area contributed by atoms with Crippen LogP contribution in [0.3, 0.4) is 0 Å². The number of aromatic nitrogens is 1. The van der Waals surface area contributed by atoms with Crippen molar-refractivity contribution < 1.29 is 9.59 Å². The average Bonchev–Trinajstić information content (AvgIpc) is 2.13. The number of rotatable bonds is 2. The van der Waals surface area contributed by atoms with Gasteiger partial charge in [0.2, 0.25) is 0 Å². The minimum Gasteiger partial charge on any atom is -0.391 e. The molecule has 0 aliphatic heterocycles. The standard InChI is InChI=1S/C5H2Cl3N.C5H14NO/c6-3-1-2-9-5(8)4(3)7;1-6(2,3)4-5-7/h1-2H;7H,4-5H2,1-3H3/q;+1. The second kappa shape index (κ2) is 7.30. The Kier molecular flexibility index (Phi) is 7.27. The number of likely N-dealkylation sites (N-methyl/N-ethyl adjacent to an activating group) is 1. The normalized spacial score (nSPS) is 10.7. The molecule has 0 aliphatic carbocycles. The molecule has 1 aromatic rings. The van der Waals surface area contributed by atoms with Crippen molar-refractivity contribution in [2.45, 2.75) is 0 Å². The largest absolute Gasteiger partial charge is 0.391 e. The molecule has 0 aromatic carbocycles. The molecule has 0 unspecified atom stereocenters. The van der Waals surface area contributed by atoms with Crippen LogP contribution in [0.5, 0.6) is 0 Å². The number of aliphatic hydroxyl groups excluding tert-OH is 1. The zero-order chi connectivity index (χ0) is 12.8. The molecule has 0 aliphatic rings. The summed E-state index contributed by atoms with van der Waals surface area (Å²) in [6.45, 7) is 1.11. The SMILES string of the molecule is C[N+](C)(C)CCO.Clc1ccnc(Cl)c1Cl. The molecular weight excluding hydrogens is 270 g/mol. The lowest BCUT2D eigenvalue weighted by Crippen LogP contribution is -2.36. The summed E-state index contributed by atoms with van der Waals surface area (Å²) in [4.78, 5) is 3.69. The van der Waals surface area contributed by atoms with Crippen LogP contribution in [0.25, 0.3) is 0 Å². The van der Waals surface area contributed by atoms with Crippen LogP contribution in [0, 0.1) is 0 Å². The summed E-state index contributed by atoms with van der Waals surface area (Å²) < 4.78 is 0.844. The Morgan fingerprint density at radius 1 is 1.25 bits per heavy atom. The van der Waals surface area contributed by atoms with E-state index in [1.807, 2.05) is 0 Å². The van der Waals surface area contributed by atoms with Crippen LogP contribution < -0.4 is 0 Å². The molecular formula is C10H16Cl3N2O+. The van der Waals surface area contributed by atoms with Crippen molar-refractivity contribution in [2.75, 3.05) is 34.3 Å². The maximum atomic E-state index is 8.39. The summed E-state index contributed by atoms with van der Waals surface area (Å²) in [5.41, 5.74) is 0. The number of hydrogen-bond donors (Lipinski definition) is 1. The predicted molar refractivity (Wildman–Crippen MR) is 69.3 cm³/mol. The van der Waals surface area contributed by atoms with E-state index in [1.165, 1.54) is 6.20 Å². The number of halogens is 3. The van der Waals surface area contributed by atoms with E-state index >= 15 is 0 Å². The van der Waals surface area contributed by atoms with Gasteiger partial charge in [0.1, 0.15) is 11.7 Å². The molecule has 92 valence electrons. The second-order valence-electron chi connectivity index (χ2n) is 4.14. The fourth-order valence-electron chi connectivity index (χ4n) is 0.697. The first-order chi connectivity index (χ1) is 7.28. The lowest BCUT2D eigenvalue weighted by Gasteiger charge is -2.21. The van der Waals surface area contributed by atoms with Crippen molar-refractivity contribution >= 4 is 34.8 Å². The Bertz CT molecular complexity index is 306. The Hall–Kier alpha value is -0.0600. The van der Waals surface area contributed by atoms with Gasteiger partial charge in [0, 0.05) is 6.20 Å². The molecule has 0 spiro atoms. The van der Waals surface area contributed by atoms with Gasteiger partial charge in [0.25, 0.3) is 0 Å². The van der Waals surface area contributed by atoms with Gasteiger partial charge in [-0.05, 0) is 6.07 Å². The van der Waals surface area contributed by atoms with Gasteiger partial charge in [0.15, 0.2) is 0 Å². The number of quaternary nitrogens is 1. The lowest BCUT2D eigenvalue weighted by atomic mass is 10.5. The van der Waals surface area contributed by atoms with Crippen LogP contribution in [0.1, 0.15) is 0 Å². The van der Waals surface area contributed by atoms with E-state index in [9.17, 15) is 0 Å². The fourth-order valence-corrected chi connectivity index (χ4v) is 1.16. The molecule has 0 fully saturated rings. The Morgan fingerprint density at radius 3 is 2.06 bits per heavy atom. The molecule has 0 saturated carbocycles. The molecule has 1 aromatic heterocycles. The highest BCUT2D eigenvalue weighted by atomic mass is 35.5. The molecule has 1 rings (SSSR count). The molecule has 0 saturated heterocycles. The summed E-state index contributed by atoms with van der Waals surface area (Å²) >= 11 is 16.6. The lowest BCUT2D eigenvalue weighted by molar-refractivity contribution is -0.870. The van der Waals surface area contributed by atoms with Crippen molar-refractivity contribution in [3.8, 4) is 0 Å². The van der Waals surface area contributed by atoms with E-state index in [2.05, 4.69) is 26.1 Å². The summed E-state index contributed by atoms with van der Waals surface area (Å²) in [6, 6.07) is 1.58. The van der Waals surface area contributed by atoms with Crippen LogP contribution in [0.15, 0.2) is 12.3 Å². The molecule has 0 atom stereocenters. The molecule has 0 bridgehead atoms. The number of hydrogen-bond acceptors (Lipinski definition) is 2. The van der Waals surface area contributed by atoms with Crippen molar-refractivity contribution in [3.05, 3.63) is 27.5 Å². The highest BCUT2D eigenvalue weighted by Gasteiger charge is 2.02. The minimum atomic E-state index is 0.240. The highest BCUT2D eigenvalue weighted by Crippen LogP contribution is 2.26. The van der Waals surface area contributed by atoms with E-state index in [0.29, 0.717) is 10.0 Å². The first kappa shape index (κ1) is 15.9. The Balaban J connectivity index is 0.000000293. The average molecular weight is 287 g/mol. The van der Waals surface area contributed by atoms with E-state index < -0.39 is 0 Å². The van der Waals surface area contributed by atoms with Gasteiger partial charge in [-0.25, -0.2) is 4.98 Å². The molecule has 16 heavy (non-hydrogen) atoms. The van der Waals surface area contributed by atoms with E-state index in [4.69, 9.17) is 39.9 Å². The third-order valence-electron chi connectivity index (χ3n) is 1.57. The molecule has 0 amide bonds. The van der Waals surface area contributed by atoms with Crippen molar-refractivity contribution in [3.63, 3.8) is 0 Å². The van der Waals surface area contributed by atoms with Crippen molar-refractivity contribution in [2.24, 2.45) is 0 Å². The topological polar surface area (TPSA) is 33.1 Å². The smallest absolute Gasteiger partial charge is 0.149 e. The van der Waals surface area contributed by atoms with Crippen LogP contribution >= 0.6 is 34.8 Å². The predicted octanol–water partition coefficient (Wildman–Crippen LogP) is 2.73. The van der Waals surface area contributed by atoms with Crippen LogP contribution in [0.4, 0.5) is 0 Å². The number of pyridine rings is 1. The molecule has 1 N–H and O–H groups in total. The second-order valence-corrected chi connectivity index (χ2v) is 5.28. The third-order valence-corrected chi connectivity index (χ3v) is 2.75. The van der Waals surface area contributed by atoms with E-state index in [0.717, 1.165) is 11.0 Å². The molecule has 1 heterocycles. The monoisotopic (exact) mass is 285 g/mol. The first-order valence-electron chi connectivity index (χ1n) is 4.64. The highest BCUT2D eigenvalue weighted by molar-refractivity contribution is 6.47. The molecule has 3 nitrogen and oxygen atoms in total. The van der Waals surface area contributed by atoms with Gasteiger partial charge in [0.05, 0.1) is 37.8 Å². The maximum absolute atomic E-state index is 8.39. The Labute approximate surface area is 111 Å². The van der Waals surface area contributed by atoms with Gasteiger partial charge >= 0.3 is 0 Å². The quantitative estimate of drug-likeness (QED) is 0.670. The van der Waals surface area contributed by atoms with Crippen molar-refractivity contribution in [1.82, 2.24) is 4.98 Å². The summed E-state index contributed by atoms with van der Waals surface area (Å²) in [5, 5.41) is 9.36. The van der Waals surface area contributed by atoms with Crippen LogP contribution in [0.2, 0.25) is 15.2 Å². The maximum Gasteiger partial charge on any atom is 0.149 e. The molecule has 6 heteroatoms.